The number of hydrogen-bond donors (Lipinski definition) is 1. The van der Waals surface area contributed by atoms with Gasteiger partial charge in [-0.05, 0) is 32.1 Å². The number of piperazine rings is 1. The maximum atomic E-state index is 12.9. The van der Waals surface area contributed by atoms with Crippen molar-refractivity contribution in [3.05, 3.63) is 34.2 Å². The Bertz CT molecular complexity index is 932. The predicted molar refractivity (Wildman–Crippen MR) is 113 cm³/mol. The number of benzene rings is 1. The fourth-order valence-corrected chi connectivity index (χ4v) is 3.64. The zero-order valence-electron chi connectivity index (χ0n) is 17.7. The number of methoxy groups -OCH3 is 2. The van der Waals surface area contributed by atoms with Crippen LogP contribution in [0, 0.1) is 0 Å². The first-order valence-corrected chi connectivity index (χ1v) is 9.89. The van der Waals surface area contributed by atoms with Crippen LogP contribution in [0.4, 0.5) is 0 Å². The van der Waals surface area contributed by atoms with Gasteiger partial charge in [0.15, 0.2) is 11.5 Å². The molecule has 1 aromatic carbocycles. The molecule has 1 fully saturated rings. The number of nitrogens with zero attached hydrogens (tertiary/aromatic N) is 3. The fourth-order valence-electron chi connectivity index (χ4n) is 3.64. The average molecular weight is 402 g/mol. The number of aryl methyl sites for hydroxylation is 1. The molecule has 3 rings (SSSR count). The van der Waals surface area contributed by atoms with Crippen LogP contribution < -0.4 is 20.3 Å². The highest BCUT2D eigenvalue weighted by atomic mass is 16.5. The first-order valence-electron chi connectivity index (χ1n) is 9.89. The zero-order valence-corrected chi connectivity index (χ0v) is 17.7. The minimum absolute atomic E-state index is 0.187. The van der Waals surface area contributed by atoms with Crippen LogP contribution in [-0.4, -0.2) is 80.8 Å². The molecule has 29 heavy (non-hydrogen) atoms. The van der Waals surface area contributed by atoms with Crippen LogP contribution in [0.15, 0.2) is 23.1 Å². The van der Waals surface area contributed by atoms with Crippen molar-refractivity contribution < 1.29 is 14.3 Å². The van der Waals surface area contributed by atoms with Gasteiger partial charge in [0.2, 0.25) is 0 Å². The summed E-state index contributed by atoms with van der Waals surface area (Å²) in [5, 5.41) is 3.97. The van der Waals surface area contributed by atoms with E-state index in [-0.39, 0.29) is 11.5 Å². The number of nitrogens with one attached hydrogen (secondary N) is 1. The number of aromatic nitrogens is 1. The van der Waals surface area contributed by atoms with Gasteiger partial charge in [-0.3, -0.25) is 9.59 Å². The summed E-state index contributed by atoms with van der Waals surface area (Å²) >= 11 is 0. The Hall–Kier alpha value is -2.58. The van der Waals surface area contributed by atoms with Crippen molar-refractivity contribution in [1.29, 1.82) is 0 Å². The molecule has 0 unspecified atom stereocenters. The van der Waals surface area contributed by atoms with Gasteiger partial charge < -0.3 is 29.2 Å². The monoisotopic (exact) mass is 402 g/mol. The summed E-state index contributed by atoms with van der Waals surface area (Å²) in [6, 6.07) is 3.31. The van der Waals surface area contributed by atoms with Gasteiger partial charge in [0, 0.05) is 51.4 Å². The van der Waals surface area contributed by atoms with Crippen LogP contribution in [0.1, 0.15) is 16.8 Å². The number of rotatable bonds is 7. The molecule has 1 aliphatic heterocycles. The molecule has 1 saturated heterocycles. The lowest BCUT2D eigenvalue weighted by molar-refractivity contribution is 0.0950. The maximum absolute atomic E-state index is 12.9. The van der Waals surface area contributed by atoms with E-state index in [4.69, 9.17) is 9.47 Å². The summed E-state index contributed by atoms with van der Waals surface area (Å²) in [6.45, 7) is 5.86. The number of pyridine rings is 1. The Labute approximate surface area is 171 Å². The van der Waals surface area contributed by atoms with E-state index in [0.717, 1.165) is 39.1 Å². The van der Waals surface area contributed by atoms with Crippen molar-refractivity contribution in [3.63, 3.8) is 0 Å². The van der Waals surface area contributed by atoms with Crippen molar-refractivity contribution in [2.45, 2.75) is 6.42 Å². The van der Waals surface area contributed by atoms with Gasteiger partial charge in [-0.1, -0.05) is 0 Å². The van der Waals surface area contributed by atoms with E-state index in [0.29, 0.717) is 34.4 Å². The fraction of sp³-hybridized carbons (Fsp3) is 0.524. The maximum Gasteiger partial charge on any atom is 0.258 e. The van der Waals surface area contributed by atoms with Gasteiger partial charge >= 0.3 is 0 Å². The molecule has 2 heterocycles. The van der Waals surface area contributed by atoms with E-state index in [9.17, 15) is 9.59 Å². The molecule has 1 aromatic heterocycles. The number of hydrogen-bond acceptors (Lipinski definition) is 6. The van der Waals surface area contributed by atoms with Crippen LogP contribution in [0.2, 0.25) is 0 Å². The highest BCUT2D eigenvalue weighted by molar-refractivity contribution is 6.07. The van der Waals surface area contributed by atoms with Crippen LogP contribution in [-0.2, 0) is 7.05 Å². The summed E-state index contributed by atoms with van der Waals surface area (Å²) in [5.74, 6) is 0.746. The number of carbonyl (C=O) groups excluding carboxylic acids is 1. The molecule has 2 aromatic rings. The standard InChI is InChI=1S/C21H30N4O4/c1-23-8-10-25(11-9-23)7-5-6-22-20(26)17-14-24(2)21(27)16-13-19(29-4)18(28-3)12-15(16)17/h12-14H,5-11H2,1-4H3,(H,22,26). The third-order valence-electron chi connectivity index (χ3n) is 5.46. The third-order valence-corrected chi connectivity index (χ3v) is 5.46. The minimum Gasteiger partial charge on any atom is -0.493 e. The molecule has 0 spiro atoms. The first kappa shape index (κ1) is 21.1. The molecule has 158 valence electrons. The van der Waals surface area contributed by atoms with E-state index >= 15 is 0 Å². The molecule has 8 heteroatoms. The second-order valence-electron chi connectivity index (χ2n) is 7.47. The lowest BCUT2D eigenvalue weighted by atomic mass is 10.1. The van der Waals surface area contributed by atoms with E-state index in [1.165, 1.54) is 18.8 Å². The van der Waals surface area contributed by atoms with Crippen LogP contribution in [0.5, 0.6) is 11.5 Å². The Balaban J connectivity index is 1.73. The molecular formula is C21H30N4O4. The summed E-state index contributed by atoms with van der Waals surface area (Å²) < 4.78 is 12.1. The smallest absolute Gasteiger partial charge is 0.258 e. The first-order chi connectivity index (χ1) is 13.9. The molecule has 8 nitrogen and oxygen atoms in total. The predicted octanol–water partition coefficient (Wildman–Crippen LogP) is 0.923. The minimum atomic E-state index is -0.198. The van der Waals surface area contributed by atoms with Crippen LogP contribution in [0.3, 0.4) is 0 Å². The Morgan fingerprint density at radius 1 is 1.03 bits per heavy atom. The molecule has 0 radical (unpaired) electrons. The second kappa shape index (κ2) is 9.28. The summed E-state index contributed by atoms with van der Waals surface area (Å²) in [7, 11) is 6.83. The van der Waals surface area contributed by atoms with Crippen LogP contribution in [0.25, 0.3) is 10.8 Å². The lowest BCUT2D eigenvalue weighted by Gasteiger charge is -2.32. The number of amides is 1. The van der Waals surface area contributed by atoms with E-state index in [1.807, 2.05) is 0 Å². The van der Waals surface area contributed by atoms with Gasteiger partial charge in [-0.15, -0.1) is 0 Å². The largest absolute Gasteiger partial charge is 0.493 e. The van der Waals surface area contributed by atoms with Crippen LogP contribution >= 0.6 is 0 Å². The Kier molecular flexibility index (Phi) is 6.76. The van der Waals surface area contributed by atoms with Crippen molar-refractivity contribution in [2.24, 2.45) is 7.05 Å². The molecule has 0 aliphatic carbocycles. The SMILES string of the molecule is COc1cc2c(C(=O)NCCCN3CCN(C)CC3)cn(C)c(=O)c2cc1OC. The number of fused-ring (bicyclic) bond motifs is 1. The molecular weight excluding hydrogens is 372 g/mol. The normalized spacial score (nSPS) is 15.4. The van der Waals surface area contributed by atoms with Gasteiger partial charge in [-0.25, -0.2) is 0 Å². The van der Waals surface area contributed by atoms with E-state index in [1.54, 1.807) is 25.4 Å². The Morgan fingerprint density at radius 2 is 1.66 bits per heavy atom. The summed E-state index contributed by atoms with van der Waals surface area (Å²) in [6.07, 6.45) is 2.46. The van der Waals surface area contributed by atoms with Crippen molar-refractivity contribution in [2.75, 3.05) is 60.5 Å². The number of likely N-dealkylation sites (N-methyl/N-ethyl adjacent to an activating group) is 1. The zero-order chi connectivity index (χ0) is 21.0. The molecule has 0 saturated carbocycles. The molecule has 0 atom stereocenters. The van der Waals surface area contributed by atoms with Crippen molar-refractivity contribution >= 4 is 16.7 Å². The van der Waals surface area contributed by atoms with Crippen molar-refractivity contribution in [1.82, 2.24) is 19.7 Å². The Morgan fingerprint density at radius 3 is 2.28 bits per heavy atom. The molecule has 1 aliphatic rings. The molecule has 1 amide bonds. The summed E-state index contributed by atoms with van der Waals surface area (Å²) in [4.78, 5) is 30.2. The van der Waals surface area contributed by atoms with Crippen molar-refractivity contribution in [3.8, 4) is 11.5 Å². The van der Waals surface area contributed by atoms with Gasteiger partial charge in [0.05, 0.1) is 25.2 Å². The topological polar surface area (TPSA) is 76.0 Å². The summed E-state index contributed by atoms with van der Waals surface area (Å²) in [5.41, 5.74) is 0.259. The lowest BCUT2D eigenvalue weighted by Crippen LogP contribution is -2.45. The highest BCUT2D eigenvalue weighted by Gasteiger charge is 2.18. The number of carbonyl (C=O) groups is 1. The third kappa shape index (κ3) is 4.71. The number of ether oxygens (including phenoxy) is 2. The highest BCUT2D eigenvalue weighted by Crippen LogP contribution is 2.32. The quantitative estimate of drug-likeness (QED) is 0.695. The van der Waals surface area contributed by atoms with Gasteiger partial charge in [0.1, 0.15) is 0 Å². The molecule has 1 N–H and O–H groups in total. The van der Waals surface area contributed by atoms with Gasteiger partial charge in [0.25, 0.3) is 11.5 Å². The molecule has 0 bridgehead atoms. The average Bonchev–Trinajstić information content (AvgIpc) is 2.73. The van der Waals surface area contributed by atoms with E-state index in [2.05, 4.69) is 22.2 Å². The van der Waals surface area contributed by atoms with E-state index < -0.39 is 0 Å². The second-order valence-corrected chi connectivity index (χ2v) is 7.47. The van der Waals surface area contributed by atoms with Gasteiger partial charge in [-0.2, -0.15) is 0 Å².